The molecule has 1 amide bonds. The fourth-order valence-electron chi connectivity index (χ4n) is 8.19. The highest BCUT2D eigenvalue weighted by Crippen LogP contribution is 2.45. The second-order valence-corrected chi connectivity index (χ2v) is 12.7. The average molecular weight is 563 g/mol. The molecule has 218 valence electrons. The lowest BCUT2D eigenvalue weighted by Gasteiger charge is -2.45. The van der Waals surface area contributed by atoms with Crippen molar-refractivity contribution in [3.05, 3.63) is 102 Å². The van der Waals surface area contributed by atoms with Crippen molar-refractivity contribution in [3.63, 3.8) is 0 Å². The highest BCUT2D eigenvalue weighted by atomic mass is 16.6. The van der Waals surface area contributed by atoms with Crippen LogP contribution in [0.25, 0.3) is 11.0 Å². The molecule has 6 heteroatoms. The van der Waals surface area contributed by atoms with Crippen LogP contribution >= 0.6 is 0 Å². The Morgan fingerprint density at radius 3 is 2.21 bits per heavy atom. The van der Waals surface area contributed by atoms with Crippen molar-refractivity contribution in [2.24, 2.45) is 0 Å². The van der Waals surface area contributed by atoms with Crippen LogP contribution < -0.4 is 0 Å². The monoisotopic (exact) mass is 562 g/mol. The zero-order chi connectivity index (χ0) is 28.5. The van der Waals surface area contributed by atoms with E-state index in [4.69, 9.17) is 9.72 Å². The van der Waals surface area contributed by atoms with E-state index in [-0.39, 0.29) is 11.5 Å². The van der Waals surface area contributed by atoms with Gasteiger partial charge in [-0.3, -0.25) is 4.90 Å². The third kappa shape index (κ3) is 5.22. The van der Waals surface area contributed by atoms with Crippen molar-refractivity contribution in [2.45, 2.75) is 82.0 Å². The molecule has 2 atom stereocenters. The quantitative estimate of drug-likeness (QED) is 0.238. The minimum atomic E-state index is -0.192. The number of piperidine rings is 2. The highest BCUT2D eigenvalue weighted by Gasteiger charge is 2.44. The normalized spacial score (nSPS) is 23.7. The lowest BCUT2D eigenvalue weighted by Crippen LogP contribution is -2.49. The van der Waals surface area contributed by atoms with Gasteiger partial charge in [0, 0.05) is 31.2 Å². The number of carbonyl (C=O) groups excluding carboxylic acids is 1. The van der Waals surface area contributed by atoms with E-state index < -0.39 is 0 Å². The summed E-state index contributed by atoms with van der Waals surface area (Å²) in [5.41, 5.74) is 4.93. The maximum Gasteiger partial charge on any atom is 0.410 e. The number of benzene rings is 3. The zero-order valence-corrected chi connectivity index (χ0v) is 24.7. The second kappa shape index (κ2) is 11.6. The summed E-state index contributed by atoms with van der Waals surface area (Å²) in [6.45, 7) is 5.10. The summed E-state index contributed by atoms with van der Waals surface area (Å²) in [7, 11) is 0. The first-order valence-corrected chi connectivity index (χ1v) is 15.8. The molecule has 4 aromatic rings. The maximum atomic E-state index is 12.9. The molecule has 2 bridgehead atoms. The van der Waals surface area contributed by atoms with Crippen LogP contribution in [0.1, 0.15) is 67.9 Å². The number of imidazole rings is 1. The van der Waals surface area contributed by atoms with E-state index in [0.29, 0.717) is 24.7 Å². The standard InChI is InChI=1S/C36H42N4O2/c1-27-37-33-14-8-9-15-34(33)40(27)32-24-30-16-17-31(25-32)39(30)23-20-36(29-12-6-3-7-13-29)18-21-38(22-19-36)35(41)42-26-28-10-4-2-5-11-28/h2-15,30-32H,16-26H2,1H3/t30-,31-/m1/s1. The van der Waals surface area contributed by atoms with Crippen LogP contribution in [0.3, 0.4) is 0 Å². The summed E-state index contributed by atoms with van der Waals surface area (Å²) in [5, 5.41) is 0. The summed E-state index contributed by atoms with van der Waals surface area (Å²) in [4.78, 5) is 22.6. The topological polar surface area (TPSA) is 50.6 Å². The van der Waals surface area contributed by atoms with Crippen molar-refractivity contribution in [3.8, 4) is 0 Å². The molecule has 0 saturated carbocycles. The number of amides is 1. The number of carbonyl (C=O) groups is 1. The fourth-order valence-corrected chi connectivity index (χ4v) is 8.19. The van der Waals surface area contributed by atoms with Gasteiger partial charge in [0.25, 0.3) is 0 Å². The number of ether oxygens (including phenoxy) is 1. The van der Waals surface area contributed by atoms with Crippen LogP contribution in [0.4, 0.5) is 4.79 Å². The number of aromatic nitrogens is 2. The molecule has 7 rings (SSSR count). The van der Waals surface area contributed by atoms with Crippen molar-refractivity contribution < 1.29 is 9.53 Å². The summed E-state index contributed by atoms with van der Waals surface area (Å²) < 4.78 is 8.20. The van der Waals surface area contributed by atoms with Gasteiger partial charge in [0.2, 0.25) is 0 Å². The molecule has 42 heavy (non-hydrogen) atoms. The predicted octanol–water partition coefficient (Wildman–Crippen LogP) is 7.27. The minimum absolute atomic E-state index is 0.0882. The molecule has 3 aliphatic heterocycles. The molecule has 3 aliphatic rings. The highest BCUT2D eigenvalue weighted by molar-refractivity contribution is 5.76. The van der Waals surface area contributed by atoms with E-state index in [9.17, 15) is 4.79 Å². The second-order valence-electron chi connectivity index (χ2n) is 12.7. The number of fused-ring (bicyclic) bond motifs is 3. The van der Waals surface area contributed by atoms with E-state index in [2.05, 4.69) is 71.0 Å². The third-order valence-corrected chi connectivity index (χ3v) is 10.4. The van der Waals surface area contributed by atoms with Gasteiger partial charge in [-0.05, 0) is 87.1 Å². The van der Waals surface area contributed by atoms with E-state index in [1.807, 2.05) is 35.2 Å². The smallest absolute Gasteiger partial charge is 0.410 e. The number of aryl methyl sites for hydroxylation is 1. The molecule has 3 aromatic carbocycles. The zero-order valence-electron chi connectivity index (χ0n) is 24.7. The van der Waals surface area contributed by atoms with Gasteiger partial charge in [-0.1, -0.05) is 72.8 Å². The Hall–Kier alpha value is -3.64. The molecule has 0 aliphatic carbocycles. The Bertz CT molecular complexity index is 1500. The van der Waals surface area contributed by atoms with Gasteiger partial charge in [-0.25, -0.2) is 9.78 Å². The lowest BCUT2D eigenvalue weighted by molar-refractivity contribution is 0.0648. The molecule has 0 N–H and O–H groups in total. The average Bonchev–Trinajstić information content (AvgIpc) is 3.50. The molecule has 0 radical (unpaired) electrons. The van der Waals surface area contributed by atoms with Crippen LogP contribution in [-0.2, 0) is 16.8 Å². The summed E-state index contributed by atoms with van der Waals surface area (Å²) in [6.07, 6.45) is 7.90. The van der Waals surface area contributed by atoms with Gasteiger partial charge in [-0.2, -0.15) is 0 Å². The Kier molecular flexibility index (Phi) is 7.49. The van der Waals surface area contributed by atoms with E-state index in [1.165, 1.54) is 36.8 Å². The van der Waals surface area contributed by atoms with Gasteiger partial charge in [0.05, 0.1) is 11.0 Å². The van der Waals surface area contributed by atoms with Crippen molar-refractivity contribution in [1.82, 2.24) is 19.4 Å². The van der Waals surface area contributed by atoms with E-state index in [1.54, 1.807) is 0 Å². The van der Waals surface area contributed by atoms with Crippen molar-refractivity contribution >= 4 is 17.1 Å². The molecular weight excluding hydrogens is 520 g/mol. The molecule has 6 nitrogen and oxygen atoms in total. The molecule has 3 fully saturated rings. The Morgan fingerprint density at radius 2 is 1.50 bits per heavy atom. The molecule has 1 aromatic heterocycles. The van der Waals surface area contributed by atoms with Gasteiger partial charge < -0.3 is 14.2 Å². The summed E-state index contributed by atoms with van der Waals surface area (Å²) in [6, 6.07) is 31.4. The molecular formula is C36H42N4O2. The minimum Gasteiger partial charge on any atom is -0.445 e. The number of hydrogen-bond donors (Lipinski definition) is 0. The Balaban J connectivity index is 1.02. The number of nitrogens with zero attached hydrogens (tertiary/aromatic N) is 4. The SMILES string of the molecule is Cc1nc2ccccc2n1C1C[C@H]2CC[C@H](C1)N2CCC1(c2ccccc2)CCN(C(=O)OCc2ccccc2)CC1. The summed E-state index contributed by atoms with van der Waals surface area (Å²) >= 11 is 0. The predicted molar refractivity (Wildman–Crippen MR) is 166 cm³/mol. The molecule has 0 unspecified atom stereocenters. The molecule has 4 heterocycles. The molecule has 3 saturated heterocycles. The van der Waals surface area contributed by atoms with Crippen LogP contribution in [0.2, 0.25) is 0 Å². The third-order valence-electron chi connectivity index (χ3n) is 10.4. The van der Waals surface area contributed by atoms with Crippen LogP contribution in [0.15, 0.2) is 84.9 Å². The summed E-state index contributed by atoms with van der Waals surface area (Å²) in [5.74, 6) is 1.14. The lowest BCUT2D eigenvalue weighted by atomic mass is 9.70. The van der Waals surface area contributed by atoms with Gasteiger partial charge >= 0.3 is 6.09 Å². The number of likely N-dealkylation sites (tertiary alicyclic amines) is 1. The van der Waals surface area contributed by atoms with Crippen molar-refractivity contribution in [1.29, 1.82) is 0 Å². The largest absolute Gasteiger partial charge is 0.445 e. The first-order valence-electron chi connectivity index (χ1n) is 15.8. The Morgan fingerprint density at radius 1 is 0.857 bits per heavy atom. The fraction of sp³-hybridized carbons (Fsp3) is 0.444. The van der Waals surface area contributed by atoms with E-state index in [0.717, 1.165) is 55.8 Å². The van der Waals surface area contributed by atoms with Crippen LogP contribution in [0.5, 0.6) is 0 Å². The first kappa shape index (κ1) is 27.2. The van der Waals surface area contributed by atoms with Crippen molar-refractivity contribution in [2.75, 3.05) is 19.6 Å². The van der Waals surface area contributed by atoms with Gasteiger partial charge in [-0.15, -0.1) is 0 Å². The number of rotatable bonds is 7. The van der Waals surface area contributed by atoms with Crippen LogP contribution in [0, 0.1) is 6.92 Å². The maximum absolute atomic E-state index is 12.9. The Labute approximate surface area is 249 Å². The van der Waals surface area contributed by atoms with Gasteiger partial charge in [0.15, 0.2) is 0 Å². The number of para-hydroxylation sites is 2. The first-order chi connectivity index (χ1) is 20.6. The van der Waals surface area contributed by atoms with E-state index >= 15 is 0 Å². The molecule has 0 spiro atoms. The van der Waals surface area contributed by atoms with Gasteiger partial charge in [0.1, 0.15) is 12.4 Å². The number of hydrogen-bond acceptors (Lipinski definition) is 4. The van der Waals surface area contributed by atoms with Crippen LogP contribution in [-0.4, -0.2) is 57.2 Å².